The molecule has 5 nitrogen and oxygen atoms in total. The van der Waals surface area contributed by atoms with Crippen LogP contribution in [0.2, 0.25) is 0 Å². The summed E-state index contributed by atoms with van der Waals surface area (Å²) in [6, 6.07) is 7.29. The van der Waals surface area contributed by atoms with Crippen molar-refractivity contribution >= 4 is 11.7 Å². The number of pyridine rings is 1. The molecule has 17 heavy (non-hydrogen) atoms. The number of hydrogen-bond acceptors (Lipinski definition) is 4. The summed E-state index contributed by atoms with van der Waals surface area (Å²) in [5.41, 5.74) is 0.400. The molecular formula is C12H16N4O. The number of nitrogens with one attached hydrogen (secondary N) is 1. The van der Waals surface area contributed by atoms with E-state index < -0.39 is 0 Å². The summed E-state index contributed by atoms with van der Waals surface area (Å²) in [4.78, 5) is 17.9. The highest BCUT2D eigenvalue weighted by molar-refractivity contribution is 5.92. The van der Waals surface area contributed by atoms with Crippen molar-refractivity contribution in [1.82, 2.24) is 9.88 Å². The van der Waals surface area contributed by atoms with Crippen molar-refractivity contribution in [3.05, 3.63) is 23.9 Å². The van der Waals surface area contributed by atoms with Gasteiger partial charge in [0.2, 0.25) is 0 Å². The van der Waals surface area contributed by atoms with E-state index in [1.165, 1.54) is 0 Å². The maximum absolute atomic E-state index is 12.1. The molecule has 0 aliphatic rings. The Hall–Kier alpha value is -2.09. The van der Waals surface area contributed by atoms with Crippen LogP contribution < -0.4 is 5.32 Å². The number of nitriles is 1. The summed E-state index contributed by atoms with van der Waals surface area (Å²) in [6.45, 7) is 2.90. The number of carbonyl (C=O) groups is 1. The molecule has 1 N–H and O–H groups in total. The van der Waals surface area contributed by atoms with Gasteiger partial charge in [0.15, 0.2) is 0 Å². The molecule has 1 heterocycles. The third-order valence-electron chi connectivity index (χ3n) is 2.39. The van der Waals surface area contributed by atoms with Gasteiger partial charge >= 0.3 is 0 Å². The zero-order chi connectivity index (χ0) is 12.7. The molecule has 90 valence electrons. The number of aromatic nitrogens is 1. The molecule has 1 amide bonds. The first kappa shape index (κ1) is 13.0. The van der Waals surface area contributed by atoms with Crippen LogP contribution in [0.5, 0.6) is 0 Å². The molecule has 1 aromatic heterocycles. The lowest BCUT2D eigenvalue weighted by Gasteiger charge is -2.19. The van der Waals surface area contributed by atoms with E-state index in [9.17, 15) is 4.79 Å². The Kier molecular flexibility index (Phi) is 4.95. The number of amides is 1. The first-order valence-electron chi connectivity index (χ1n) is 5.54. The van der Waals surface area contributed by atoms with Crippen molar-refractivity contribution in [1.29, 1.82) is 5.26 Å². The summed E-state index contributed by atoms with van der Waals surface area (Å²) in [6.07, 6.45) is 0.339. The Morgan fingerprint density at radius 1 is 1.59 bits per heavy atom. The summed E-state index contributed by atoms with van der Waals surface area (Å²) >= 11 is 0. The van der Waals surface area contributed by atoms with Gasteiger partial charge < -0.3 is 10.2 Å². The van der Waals surface area contributed by atoms with Crippen molar-refractivity contribution in [2.75, 3.05) is 25.5 Å². The van der Waals surface area contributed by atoms with Crippen LogP contribution in [0.25, 0.3) is 0 Å². The normalized spacial score (nSPS) is 9.47. The van der Waals surface area contributed by atoms with Crippen LogP contribution in [0.3, 0.4) is 0 Å². The molecule has 0 unspecified atom stereocenters. The molecule has 0 atom stereocenters. The van der Waals surface area contributed by atoms with Crippen molar-refractivity contribution in [3.63, 3.8) is 0 Å². The molecule has 0 aromatic carbocycles. The quantitative estimate of drug-likeness (QED) is 0.835. The molecule has 0 bridgehead atoms. The van der Waals surface area contributed by atoms with E-state index in [-0.39, 0.29) is 5.91 Å². The van der Waals surface area contributed by atoms with E-state index >= 15 is 0 Å². The second kappa shape index (κ2) is 6.48. The van der Waals surface area contributed by atoms with Gasteiger partial charge in [-0.3, -0.25) is 4.79 Å². The molecule has 1 rings (SSSR count). The number of anilines is 1. The number of rotatable bonds is 5. The maximum Gasteiger partial charge on any atom is 0.272 e. The standard InChI is InChI=1S/C12H16N4O/c1-3-16(9-5-8-13)12(17)10-6-4-7-11(14-2)15-10/h4,6-7H,3,5,9H2,1-2H3,(H,14,15). The number of carbonyl (C=O) groups excluding carboxylic acids is 1. The summed E-state index contributed by atoms with van der Waals surface area (Å²) < 4.78 is 0. The van der Waals surface area contributed by atoms with Gasteiger partial charge in [0, 0.05) is 20.1 Å². The van der Waals surface area contributed by atoms with Gasteiger partial charge in [-0.15, -0.1) is 0 Å². The Balaban J connectivity index is 2.82. The molecular weight excluding hydrogens is 216 g/mol. The van der Waals surface area contributed by atoms with E-state index in [0.717, 1.165) is 0 Å². The Bertz CT molecular complexity index is 425. The smallest absolute Gasteiger partial charge is 0.272 e. The predicted octanol–water partition coefficient (Wildman–Crippen LogP) is 1.50. The fourth-order valence-corrected chi connectivity index (χ4v) is 1.44. The monoisotopic (exact) mass is 232 g/mol. The minimum Gasteiger partial charge on any atom is -0.373 e. The van der Waals surface area contributed by atoms with Crippen LogP contribution in [0.4, 0.5) is 5.82 Å². The first-order valence-corrected chi connectivity index (χ1v) is 5.54. The van der Waals surface area contributed by atoms with Gasteiger partial charge in [-0.25, -0.2) is 4.98 Å². The lowest BCUT2D eigenvalue weighted by molar-refractivity contribution is 0.0762. The zero-order valence-corrected chi connectivity index (χ0v) is 10.1. The lowest BCUT2D eigenvalue weighted by atomic mass is 10.3. The van der Waals surface area contributed by atoms with Crippen LogP contribution in [-0.2, 0) is 0 Å². The van der Waals surface area contributed by atoms with Gasteiger partial charge in [0.1, 0.15) is 11.5 Å². The summed E-state index contributed by atoms with van der Waals surface area (Å²) in [5, 5.41) is 11.4. The van der Waals surface area contributed by atoms with Crippen LogP contribution in [0, 0.1) is 11.3 Å². The third-order valence-corrected chi connectivity index (χ3v) is 2.39. The average molecular weight is 232 g/mol. The molecule has 0 saturated carbocycles. The molecule has 5 heteroatoms. The van der Waals surface area contributed by atoms with Crippen molar-refractivity contribution < 1.29 is 4.79 Å². The molecule has 0 radical (unpaired) electrons. The lowest BCUT2D eigenvalue weighted by Crippen LogP contribution is -2.32. The van der Waals surface area contributed by atoms with Crippen LogP contribution in [-0.4, -0.2) is 35.9 Å². The highest BCUT2D eigenvalue weighted by Gasteiger charge is 2.15. The number of hydrogen-bond donors (Lipinski definition) is 1. The number of nitrogens with zero attached hydrogens (tertiary/aromatic N) is 3. The fourth-order valence-electron chi connectivity index (χ4n) is 1.44. The van der Waals surface area contributed by atoms with Gasteiger partial charge in [0.05, 0.1) is 12.5 Å². The van der Waals surface area contributed by atoms with E-state index in [2.05, 4.69) is 10.3 Å². The summed E-state index contributed by atoms with van der Waals surface area (Å²) in [7, 11) is 1.75. The first-order chi connectivity index (χ1) is 8.22. The third kappa shape index (κ3) is 3.45. The Morgan fingerprint density at radius 2 is 2.35 bits per heavy atom. The van der Waals surface area contributed by atoms with E-state index in [0.29, 0.717) is 31.0 Å². The topological polar surface area (TPSA) is 69.0 Å². The maximum atomic E-state index is 12.1. The van der Waals surface area contributed by atoms with Gasteiger partial charge in [0.25, 0.3) is 5.91 Å². The Morgan fingerprint density at radius 3 is 2.94 bits per heavy atom. The largest absolute Gasteiger partial charge is 0.373 e. The van der Waals surface area contributed by atoms with Crippen molar-refractivity contribution in [2.24, 2.45) is 0 Å². The van der Waals surface area contributed by atoms with Crippen molar-refractivity contribution in [2.45, 2.75) is 13.3 Å². The Labute approximate surface area is 101 Å². The van der Waals surface area contributed by atoms with Crippen LogP contribution in [0.15, 0.2) is 18.2 Å². The van der Waals surface area contributed by atoms with Gasteiger partial charge in [-0.1, -0.05) is 6.07 Å². The minimum atomic E-state index is -0.139. The minimum absolute atomic E-state index is 0.139. The van der Waals surface area contributed by atoms with Crippen LogP contribution >= 0.6 is 0 Å². The zero-order valence-electron chi connectivity index (χ0n) is 10.1. The molecule has 0 spiro atoms. The predicted molar refractivity (Wildman–Crippen MR) is 65.6 cm³/mol. The summed E-state index contributed by atoms with van der Waals surface area (Å²) in [5.74, 6) is 0.520. The fraction of sp³-hybridized carbons (Fsp3) is 0.417. The van der Waals surface area contributed by atoms with Crippen LogP contribution in [0.1, 0.15) is 23.8 Å². The second-order valence-corrected chi connectivity index (χ2v) is 3.45. The molecule has 1 aromatic rings. The van der Waals surface area contributed by atoms with E-state index in [4.69, 9.17) is 5.26 Å². The van der Waals surface area contributed by atoms with Gasteiger partial charge in [-0.2, -0.15) is 5.26 Å². The molecule has 0 aliphatic carbocycles. The highest BCUT2D eigenvalue weighted by atomic mass is 16.2. The average Bonchev–Trinajstić information content (AvgIpc) is 2.39. The van der Waals surface area contributed by atoms with Crippen molar-refractivity contribution in [3.8, 4) is 6.07 Å². The second-order valence-electron chi connectivity index (χ2n) is 3.45. The molecule has 0 aliphatic heterocycles. The SMILES string of the molecule is CCN(CCC#N)C(=O)c1cccc(NC)n1. The molecule has 0 saturated heterocycles. The highest BCUT2D eigenvalue weighted by Crippen LogP contribution is 2.07. The van der Waals surface area contributed by atoms with E-state index in [1.54, 1.807) is 30.1 Å². The molecule has 0 fully saturated rings. The van der Waals surface area contributed by atoms with Gasteiger partial charge in [-0.05, 0) is 19.1 Å². The van der Waals surface area contributed by atoms with E-state index in [1.807, 2.05) is 13.0 Å².